The third-order valence-electron chi connectivity index (χ3n) is 3.44. The first-order valence-electron chi connectivity index (χ1n) is 7.17. The summed E-state index contributed by atoms with van der Waals surface area (Å²) in [7, 11) is 0. The highest BCUT2D eigenvalue weighted by atomic mass is 16.7. The second kappa shape index (κ2) is 6.60. The van der Waals surface area contributed by atoms with Crippen molar-refractivity contribution in [1.82, 2.24) is 0 Å². The van der Waals surface area contributed by atoms with Gasteiger partial charge in [0, 0.05) is 0 Å². The number of nitrogens with zero attached hydrogens (tertiary/aromatic N) is 1. The molecule has 1 aliphatic rings. The number of hydrogen-bond donors (Lipinski definition) is 0. The van der Waals surface area contributed by atoms with E-state index in [1.54, 1.807) is 26.0 Å². The van der Waals surface area contributed by atoms with Crippen LogP contribution >= 0.6 is 0 Å². The molecule has 0 saturated heterocycles. The number of esters is 2. The van der Waals surface area contributed by atoms with Crippen molar-refractivity contribution in [2.24, 2.45) is 10.6 Å². The van der Waals surface area contributed by atoms with Crippen LogP contribution < -0.4 is 0 Å². The first-order valence-corrected chi connectivity index (χ1v) is 7.17. The van der Waals surface area contributed by atoms with Crippen LogP contribution in [0.2, 0.25) is 0 Å². The average Bonchev–Trinajstić information content (AvgIpc) is 2.94. The maximum absolute atomic E-state index is 12.4. The maximum atomic E-state index is 12.4. The van der Waals surface area contributed by atoms with E-state index >= 15 is 0 Å². The molecular formula is C16H19NO5. The van der Waals surface area contributed by atoms with Gasteiger partial charge in [0.15, 0.2) is 6.10 Å². The molecule has 0 fully saturated rings. The number of carbonyl (C=O) groups excluding carboxylic acids is 2. The Hall–Kier alpha value is -2.37. The normalized spacial score (nSPS) is 18.6. The van der Waals surface area contributed by atoms with Gasteiger partial charge in [-0.2, -0.15) is 0 Å². The second-order valence-electron chi connectivity index (χ2n) is 4.94. The zero-order valence-corrected chi connectivity index (χ0v) is 12.9. The van der Waals surface area contributed by atoms with Crippen LogP contribution in [0.3, 0.4) is 0 Å². The Morgan fingerprint density at radius 3 is 2.18 bits per heavy atom. The van der Waals surface area contributed by atoms with Gasteiger partial charge in [0.1, 0.15) is 0 Å². The summed E-state index contributed by atoms with van der Waals surface area (Å²) < 4.78 is 10.1. The van der Waals surface area contributed by atoms with Gasteiger partial charge in [0.2, 0.25) is 5.41 Å². The first kappa shape index (κ1) is 16.0. The van der Waals surface area contributed by atoms with Gasteiger partial charge in [-0.3, -0.25) is 9.59 Å². The lowest BCUT2D eigenvalue weighted by molar-refractivity contribution is -0.173. The highest BCUT2D eigenvalue weighted by molar-refractivity contribution is 6.16. The maximum Gasteiger partial charge on any atom is 0.333 e. The fourth-order valence-electron chi connectivity index (χ4n) is 2.29. The van der Waals surface area contributed by atoms with Crippen molar-refractivity contribution in [3.05, 3.63) is 35.4 Å². The molecule has 1 heterocycles. The molecule has 6 heteroatoms. The Morgan fingerprint density at radius 1 is 1.14 bits per heavy atom. The second-order valence-corrected chi connectivity index (χ2v) is 4.94. The quantitative estimate of drug-likeness (QED) is 0.615. The predicted molar refractivity (Wildman–Crippen MR) is 79.2 cm³/mol. The third kappa shape index (κ3) is 2.68. The van der Waals surface area contributed by atoms with Crippen LogP contribution in [0, 0.1) is 12.3 Å². The minimum Gasteiger partial charge on any atom is -0.465 e. The molecule has 0 aliphatic carbocycles. The Kier molecular flexibility index (Phi) is 4.80. The van der Waals surface area contributed by atoms with E-state index in [1.165, 1.54) is 6.21 Å². The lowest BCUT2D eigenvalue weighted by atomic mass is 9.80. The SMILES string of the molecule is CCOC(=O)C1(C(=O)OCC)C=NOC1c1ccc(C)cc1. The topological polar surface area (TPSA) is 74.2 Å². The van der Waals surface area contributed by atoms with Gasteiger partial charge in [0.05, 0.1) is 19.4 Å². The van der Waals surface area contributed by atoms with Crippen LogP contribution in [0.1, 0.15) is 31.1 Å². The van der Waals surface area contributed by atoms with Crippen molar-refractivity contribution in [2.75, 3.05) is 13.2 Å². The summed E-state index contributed by atoms with van der Waals surface area (Å²) in [6.07, 6.45) is 0.277. The molecule has 118 valence electrons. The minimum absolute atomic E-state index is 0.147. The molecule has 0 spiro atoms. The Bertz CT molecular complexity index is 561. The Labute approximate surface area is 129 Å². The van der Waals surface area contributed by atoms with E-state index in [9.17, 15) is 9.59 Å². The van der Waals surface area contributed by atoms with Crippen molar-refractivity contribution in [1.29, 1.82) is 0 Å². The molecule has 0 radical (unpaired) electrons. The van der Waals surface area contributed by atoms with E-state index in [0.717, 1.165) is 5.56 Å². The molecule has 0 amide bonds. The number of hydrogen-bond acceptors (Lipinski definition) is 6. The number of carbonyl (C=O) groups is 2. The largest absolute Gasteiger partial charge is 0.465 e. The molecule has 6 nitrogen and oxygen atoms in total. The Morgan fingerprint density at radius 2 is 1.68 bits per heavy atom. The van der Waals surface area contributed by atoms with Gasteiger partial charge in [-0.05, 0) is 26.3 Å². The van der Waals surface area contributed by atoms with Crippen molar-refractivity contribution in [2.45, 2.75) is 26.9 Å². The van der Waals surface area contributed by atoms with Crippen molar-refractivity contribution in [3.8, 4) is 0 Å². The molecule has 0 bridgehead atoms. The van der Waals surface area contributed by atoms with Gasteiger partial charge in [0.25, 0.3) is 0 Å². The summed E-state index contributed by atoms with van der Waals surface area (Å²) in [5.41, 5.74) is 0.00566. The highest BCUT2D eigenvalue weighted by Crippen LogP contribution is 2.42. The molecule has 0 N–H and O–H groups in total. The molecular weight excluding hydrogens is 286 g/mol. The van der Waals surface area contributed by atoms with Crippen LogP contribution in [-0.4, -0.2) is 31.4 Å². The monoisotopic (exact) mass is 305 g/mol. The van der Waals surface area contributed by atoms with E-state index in [-0.39, 0.29) is 13.2 Å². The molecule has 2 rings (SSSR count). The summed E-state index contributed by atoms with van der Waals surface area (Å²) in [5.74, 6) is -1.44. The average molecular weight is 305 g/mol. The van der Waals surface area contributed by atoms with Gasteiger partial charge in [-0.1, -0.05) is 35.0 Å². The fourth-order valence-corrected chi connectivity index (χ4v) is 2.29. The standard InChI is InChI=1S/C16H19NO5/c1-4-20-14(18)16(15(19)21-5-2)10-17-22-13(16)12-8-6-11(3)7-9-12/h6-10,13H,4-5H2,1-3H3. The van der Waals surface area contributed by atoms with Crippen molar-refractivity contribution in [3.63, 3.8) is 0 Å². The van der Waals surface area contributed by atoms with Crippen LogP contribution in [0.25, 0.3) is 0 Å². The molecule has 0 saturated carbocycles. The molecule has 1 atom stereocenters. The lowest BCUT2D eigenvalue weighted by Gasteiger charge is -2.26. The predicted octanol–water partition coefficient (Wildman–Crippen LogP) is 2.16. The van der Waals surface area contributed by atoms with Gasteiger partial charge in [-0.15, -0.1) is 0 Å². The molecule has 1 aromatic rings. The van der Waals surface area contributed by atoms with Crippen molar-refractivity contribution >= 4 is 18.2 Å². The highest BCUT2D eigenvalue weighted by Gasteiger charge is 2.59. The summed E-state index contributed by atoms with van der Waals surface area (Å²) in [5, 5.41) is 3.70. The van der Waals surface area contributed by atoms with Gasteiger partial charge >= 0.3 is 11.9 Å². The van der Waals surface area contributed by atoms with Crippen LogP contribution in [0.4, 0.5) is 0 Å². The fraction of sp³-hybridized carbons (Fsp3) is 0.438. The Balaban J connectivity index is 2.45. The summed E-state index contributed by atoms with van der Waals surface area (Å²) in [6.45, 7) is 5.58. The number of benzene rings is 1. The summed E-state index contributed by atoms with van der Waals surface area (Å²) in [4.78, 5) is 30.2. The molecule has 1 aliphatic heterocycles. The van der Waals surface area contributed by atoms with E-state index in [0.29, 0.717) is 5.56 Å². The van der Waals surface area contributed by atoms with E-state index < -0.39 is 23.5 Å². The van der Waals surface area contributed by atoms with Gasteiger partial charge < -0.3 is 14.3 Å². The van der Waals surface area contributed by atoms with Crippen LogP contribution in [-0.2, 0) is 23.9 Å². The van der Waals surface area contributed by atoms with Crippen LogP contribution in [0.15, 0.2) is 29.4 Å². The third-order valence-corrected chi connectivity index (χ3v) is 3.44. The van der Waals surface area contributed by atoms with E-state index in [1.807, 2.05) is 19.1 Å². The van der Waals surface area contributed by atoms with E-state index in [4.69, 9.17) is 14.3 Å². The minimum atomic E-state index is -1.71. The smallest absolute Gasteiger partial charge is 0.333 e. The molecule has 0 aromatic heterocycles. The molecule has 22 heavy (non-hydrogen) atoms. The number of ether oxygens (including phenoxy) is 2. The van der Waals surface area contributed by atoms with Gasteiger partial charge in [-0.25, -0.2) is 0 Å². The van der Waals surface area contributed by atoms with E-state index in [2.05, 4.69) is 5.16 Å². The molecule has 1 aromatic carbocycles. The summed E-state index contributed by atoms with van der Waals surface area (Å²) >= 11 is 0. The number of rotatable bonds is 5. The first-order chi connectivity index (χ1) is 10.6. The number of oxime groups is 1. The number of aryl methyl sites for hydroxylation is 1. The lowest BCUT2D eigenvalue weighted by Crippen LogP contribution is -2.46. The molecule has 1 unspecified atom stereocenters. The zero-order valence-electron chi connectivity index (χ0n) is 12.9. The summed E-state index contributed by atoms with van der Waals surface area (Å²) in [6, 6.07) is 7.33. The van der Waals surface area contributed by atoms with Crippen LogP contribution in [0.5, 0.6) is 0 Å². The zero-order chi connectivity index (χ0) is 16.2. The van der Waals surface area contributed by atoms with Crippen molar-refractivity contribution < 1.29 is 23.9 Å².